The van der Waals surface area contributed by atoms with E-state index in [4.69, 9.17) is 9.47 Å². The lowest BCUT2D eigenvalue weighted by molar-refractivity contribution is 0.342. The molecule has 0 radical (unpaired) electrons. The van der Waals surface area contributed by atoms with Gasteiger partial charge in [-0.15, -0.1) is 11.8 Å². The average molecular weight is 302 g/mol. The lowest BCUT2D eigenvalue weighted by atomic mass is 10.3. The van der Waals surface area contributed by atoms with Gasteiger partial charge in [0.1, 0.15) is 35.3 Å². The van der Waals surface area contributed by atoms with Gasteiger partial charge in [-0.2, -0.15) is 0 Å². The van der Waals surface area contributed by atoms with Crippen LogP contribution in [0.15, 0.2) is 44.2 Å². The van der Waals surface area contributed by atoms with Crippen LogP contribution in [0.2, 0.25) is 0 Å². The van der Waals surface area contributed by atoms with Crippen LogP contribution in [0.25, 0.3) is 0 Å². The summed E-state index contributed by atoms with van der Waals surface area (Å²) in [6, 6.07) is 7.53. The van der Waals surface area contributed by atoms with Crippen molar-refractivity contribution in [3.63, 3.8) is 0 Å². The Hall–Kier alpha value is -2.15. The van der Waals surface area contributed by atoms with Gasteiger partial charge in [0, 0.05) is 5.75 Å². The molecule has 0 saturated carbocycles. The highest BCUT2D eigenvalue weighted by Crippen LogP contribution is 2.21. The first-order valence-corrected chi connectivity index (χ1v) is 7.50. The summed E-state index contributed by atoms with van der Waals surface area (Å²) >= 11 is 1.66. The van der Waals surface area contributed by atoms with Crippen molar-refractivity contribution in [2.75, 3.05) is 19.5 Å². The summed E-state index contributed by atoms with van der Waals surface area (Å²) in [6.45, 7) is 0.601. The number of hydrogen-bond donors (Lipinski definition) is 0. The second-order valence-electron chi connectivity index (χ2n) is 4.22. The average Bonchev–Trinajstić information content (AvgIpc) is 3.01. The van der Waals surface area contributed by atoms with Crippen molar-refractivity contribution in [1.82, 2.24) is 0 Å². The topological polar surface area (TPSA) is 67.9 Å². The lowest BCUT2D eigenvalue weighted by Gasteiger charge is -2.14. The van der Waals surface area contributed by atoms with Crippen LogP contribution in [-0.4, -0.2) is 49.1 Å². The molecule has 1 atom stereocenters. The molecule has 1 aromatic rings. The first-order valence-electron chi connectivity index (χ1n) is 6.45. The van der Waals surface area contributed by atoms with Crippen LogP contribution in [0.3, 0.4) is 0 Å². The number of hydrogen-bond acceptors (Lipinski definition) is 7. The molecule has 2 aliphatic rings. The van der Waals surface area contributed by atoms with Crippen molar-refractivity contribution in [2.45, 2.75) is 5.37 Å². The molecule has 1 unspecified atom stereocenters. The summed E-state index contributed by atoms with van der Waals surface area (Å²) in [5, 5.41) is -0.0422. The SMILES string of the molecule is COc1ccc(OCCSC2N=CN=C3N=CN=C32)cc1. The van der Waals surface area contributed by atoms with Crippen molar-refractivity contribution in [3.05, 3.63) is 24.3 Å². The van der Waals surface area contributed by atoms with Gasteiger partial charge < -0.3 is 9.47 Å². The molecule has 0 N–H and O–H groups in total. The van der Waals surface area contributed by atoms with Crippen LogP contribution in [0.1, 0.15) is 0 Å². The van der Waals surface area contributed by atoms with Crippen LogP contribution < -0.4 is 9.47 Å². The molecule has 0 spiro atoms. The van der Waals surface area contributed by atoms with E-state index in [1.807, 2.05) is 24.3 Å². The van der Waals surface area contributed by atoms with Gasteiger partial charge >= 0.3 is 0 Å². The van der Waals surface area contributed by atoms with Gasteiger partial charge in [-0.1, -0.05) is 0 Å². The maximum atomic E-state index is 5.68. The Bertz CT molecular complexity index is 622. The van der Waals surface area contributed by atoms with E-state index in [1.54, 1.807) is 25.2 Å². The summed E-state index contributed by atoms with van der Waals surface area (Å²) in [7, 11) is 1.64. The molecule has 0 amide bonds. The first kappa shape index (κ1) is 13.8. The smallest absolute Gasteiger partial charge is 0.180 e. The highest BCUT2D eigenvalue weighted by Gasteiger charge is 2.24. The zero-order chi connectivity index (χ0) is 14.5. The Kier molecular flexibility index (Phi) is 4.30. The molecule has 6 nitrogen and oxygen atoms in total. The molecular weight excluding hydrogens is 288 g/mol. The van der Waals surface area contributed by atoms with Crippen LogP contribution in [0, 0.1) is 0 Å². The van der Waals surface area contributed by atoms with Crippen molar-refractivity contribution >= 4 is 36.0 Å². The molecule has 0 aliphatic carbocycles. The number of aliphatic imine (C=N–C) groups is 4. The number of amidine groups is 1. The summed E-state index contributed by atoms with van der Waals surface area (Å²) in [5.41, 5.74) is 0.826. The zero-order valence-corrected chi connectivity index (χ0v) is 12.3. The van der Waals surface area contributed by atoms with Gasteiger partial charge in [0.2, 0.25) is 0 Å². The monoisotopic (exact) mass is 302 g/mol. The molecule has 3 rings (SSSR count). The molecule has 2 heterocycles. The Balaban J connectivity index is 1.44. The van der Waals surface area contributed by atoms with Gasteiger partial charge in [-0.3, -0.25) is 4.99 Å². The summed E-state index contributed by atoms with van der Waals surface area (Å²) in [4.78, 5) is 16.7. The third kappa shape index (κ3) is 3.30. The molecule has 108 valence electrons. The third-order valence-corrected chi connectivity index (χ3v) is 3.97. The number of nitrogens with zero attached hydrogens (tertiary/aromatic N) is 4. The number of methoxy groups -OCH3 is 1. The fraction of sp³-hybridized carbons (Fsp3) is 0.286. The van der Waals surface area contributed by atoms with E-state index in [0.29, 0.717) is 12.4 Å². The number of fused-ring (bicyclic) bond motifs is 1. The lowest BCUT2D eigenvalue weighted by Crippen LogP contribution is -2.25. The van der Waals surface area contributed by atoms with Gasteiger partial charge in [-0.05, 0) is 24.3 Å². The van der Waals surface area contributed by atoms with E-state index < -0.39 is 0 Å². The minimum atomic E-state index is -0.0422. The van der Waals surface area contributed by atoms with Crippen LogP contribution >= 0.6 is 11.8 Å². The molecule has 7 heteroatoms. The summed E-state index contributed by atoms with van der Waals surface area (Å²) < 4.78 is 10.8. The van der Waals surface area contributed by atoms with Crippen LogP contribution in [0.4, 0.5) is 0 Å². The second kappa shape index (κ2) is 6.53. The Morgan fingerprint density at radius 2 is 1.90 bits per heavy atom. The van der Waals surface area contributed by atoms with Crippen molar-refractivity contribution in [2.24, 2.45) is 20.0 Å². The van der Waals surface area contributed by atoms with Crippen molar-refractivity contribution in [3.8, 4) is 11.5 Å². The van der Waals surface area contributed by atoms with Crippen molar-refractivity contribution < 1.29 is 9.47 Å². The molecule has 0 bridgehead atoms. The number of thioether (sulfide) groups is 1. The predicted molar refractivity (Wildman–Crippen MR) is 86.6 cm³/mol. The Morgan fingerprint density at radius 3 is 2.71 bits per heavy atom. The summed E-state index contributed by atoms with van der Waals surface area (Å²) in [6.07, 6.45) is 3.06. The maximum absolute atomic E-state index is 5.68. The molecule has 0 aromatic heterocycles. The minimum Gasteiger partial charge on any atom is -0.497 e. The number of rotatable bonds is 6. The normalized spacial score (nSPS) is 19.0. The number of ether oxygens (including phenoxy) is 2. The van der Waals surface area contributed by atoms with E-state index in [0.717, 1.165) is 23.0 Å². The quantitative estimate of drug-likeness (QED) is 0.755. The molecule has 21 heavy (non-hydrogen) atoms. The fourth-order valence-corrected chi connectivity index (χ4v) is 2.74. The van der Waals surface area contributed by atoms with Crippen LogP contribution in [0.5, 0.6) is 11.5 Å². The molecule has 0 saturated heterocycles. The van der Waals surface area contributed by atoms with E-state index >= 15 is 0 Å². The first-order chi connectivity index (χ1) is 10.4. The maximum Gasteiger partial charge on any atom is 0.180 e. The van der Waals surface area contributed by atoms with E-state index in [1.165, 1.54) is 6.34 Å². The minimum absolute atomic E-state index is 0.0422. The van der Waals surface area contributed by atoms with Gasteiger partial charge in [-0.25, -0.2) is 15.0 Å². The van der Waals surface area contributed by atoms with Gasteiger partial charge in [0.25, 0.3) is 0 Å². The Morgan fingerprint density at radius 1 is 1.10 bits per heavy atom. The molecular formula is C14H14N4O2S. The number of benzene rings is 1. The molecule has 2 aliphatic heterocycles. The summed E-state index contributed by atoms with van der Waals surface area (Å²) in [5.74, 6) is 3.12. The standard InChI is InChI=1S/C14H14N4O2S/c1-19-10-2-4-11(5-3-10)20-6-7-21-14-12-13(16-8-15-12)17-9-18-14/h2-5,8-9,14H,6-7H2,1H3. The fourth-order valence-electron chi connectivity index (χ4n) is 1.88. The van der Waals surface area contributed by atoms with E-state index in [-0.39, 0.29) is 5.37 Å². The van der Waals surface area contributed by atoms with Crippen LogP contribution in [-0.2, 0) is 0 Å². The molecule has 1 aromatic carbocycles. The zero-order valence-electron chi connectivity index (χ0n) is 11.5. The van der Waals surface area contributed by atoms with Gasteiger partial charge in [0.15, 0.2) is 5.84 Å². The Labute approximate surface area is 126 Å². The van der Waals surface area contributed by atoms with E-state index in [9.17, 15) is 0 Å². The van der Waals surface area contributed by atoms with E-state index in [2.05, 4.69) is 20.0 Å². The highest BCUT2D eigenvalue weighted by atomic mass is 32.2. The van der Waals surface area contributed by atoms with Crippen molar-refractivity contribution in [1.29, 1.82) is 0 Å². The second-order valence-corrected chi connectivity index (χ2v) is 5.41. The molecule has 0 fully saturated rings. The van der Waals surface area contributed by atoms with Gasteiger partial charge in [0.05, 0.1) is 13.7 Å². The largest absolute Gasteiger partial charge is 0.497 e. The highest BCUT2D eigenvalue weighted by molar-refractivity contribution is 8.00. The third-order valence-electron chi connectivity index (χ3n) is 2.91. The predicted octanol–water partition coefficient (Wildman–Crippen LogP) is 2.06.